The average Bonchev–Trinajstić information content (AvgIpc) is 2.11. The van der Waals surface area contributed by atoms with Crippen LogP contribution in [0.5, 0.6) is 0 Å². The van der Waals surface area contributed by atoms with Crippen LogP contribution in [0.2, 0.25) is 10.0 Å². The zero-order valence-electron chi connectivity index (χ0n) is 6.85. The fourth-order valence-electron chi connectivity index (χ4n) is 1.02. The van der Waals surface area contributed by atoms with E-state index in [4.69, 9.17) is 46.4 Å². The Morgan fingerprint density at radius 1 is 1.00 bits per heavy atom. The Bertz CT molecular complexity index is 347. The van der Waals surface area contributed by atoms with Gasteiger partial charge in [0.1, 0.15) is 4.84 Å². The van der Waals surface area contributed by atoms with Crippen molar-refractivity contribution in [3.63, 3.8) is 0 Å². The maximum absolute atomic E-state index is 13.2. The highest BCUT2D eigenvalue weighted by molar-refractivity contribution is 6.47. The lowest BCUT2D eigenvalue weighted by Gasteiger charge is -2.12. The normalized spacial score (nSPS) is 11.1. The van der Waals surface area contributed by atoms with Gasteiger partial charge in [-0.25, -0.2) is 8.78 Å². The topological polar surface area (TPSA) is 0 Å². The van der Waals surface area contributed by atoms with Gasteiger partial charge in [0.2, 0.25) is 0 Å². The highest BCUT2D eigenvalue weighted by atomic mass is 35.5. The molecule has 0 N–H and O–H groups in total. The number of alkyl halides is 2. The first kappa shape index (κ1) is 12.3. The molecule has 0 nitrogen and oxygen atoms in total. The van der Waals surface area contributed by atoms with Crippen LogP contribution in [0.3, 0.4) is 0 Å². The van der Waals surface area contributed by atoms with Crippen molar-refractivity contribution in [1.29, 1.82) is 0 Å². The minimum atomic E-state index is -1.19. The van der Waals surface area contributed by atoms with Crippen LogP contribution in [-0.2, 0) is 0 Å². The van der Waals surface area contributed by atoms with Gasteiger partial charge in [0, 0.05) is 5.56 Å². The summed E-state index contributed by atoms with van der Waals surface area (Å²) in [6, 6.07) is 0. The lowest BCUT2D eigenvalue weighted by Crippen LogP contribution is -1.99. The molecule has 0 aromatic heterocycles. The van der Waals surface area contributed by atoms with E-state index in [9.17, 15) is 8.78 Å². The minimum absolute atomic E-state index is 0.0353. The molecule has 14 heavy (non-hydrogen) atoms. The van der Waals surface area contributed by atoms with E-state index in [0.29, 0.717) is 0 Å². The number of rotatable bonds is 1. The van der Waals surface area contributed by atoms with Crippen LogP contribution >= 0.6 is 46.4 Å². The second kappa shape index (κ2) is 4.40. The predicted molar refractivity (Wildman–Crippen MR) is 55.6 cm³/mol. The molecule has 0 aliphatic carbocycles. The molecule has 0 saturated carbocycles. The fourth-order valence-corrected chi connectivity index (χ4v) is 2.19. The fraction of sp³-hybridized carbons (Fsp3) is 0.250. The molecule has 78 valence electrons. The maximum Gasteiger partial charge on any atom is 0.179 e. The van der Waals surface area contributed by atoms with Gasteiger partial charge in [-0.2, -0.15) is 0 Å². The minimum Gasteiger partial charge on any atom is -0.203 e. The third-order valence-electron chi connectivity index (χ3n) is 1.77. The molecule has 0 saturated heterocycles. The van der Waals surface area contributed by atoms with Gasteiger partial charge < -0.3 is 0 Å². The third kappa shape index (κ3) is 1.94. The Morgan fingerprint density at radius 2 is 1.50 bits per heavy atom. The van der Waals surface area contributed by atoms with Gasteiger partial charge >= 0.3 is 0 Å². The summed E-state index contributed by atoms with van der Waals surface area (Å²) in [4.78, 5) is -1.05. The van der Waals surface area contributed by atoms with Crippen molar-refractivity contribution in [3.8, 4) is 0 Å². The molecule has 0 unspecified atom stereocenters. The van der Waals surface area contributed by atoms with Crippen molar-refractivity contribution in [3.05, 3.63) is 32.8 Å². The first-order valence-corrected chi connectivity index (χ1v) is 5.11. The molecule has 1 aromatic carbocycles. The smallest absolute Gasteiger partial charge is 0.179 e. The van der Waals surface area contributed by atoms with Crippen molar-refractivity contribution in [2.45, 2.75) is 11.8 Å². The van der Waals surface area contributed by atoms with Gasteiger partial charge in [0.15, 0.2) is 11.6 Å². The third-order valence-corrected chi connectivity index (χ3v) is 3.05. The second-order valence-corrected chi connectivity index (χ2v) is 4.45. The molecular formula is C8H4Cl4F2. The van der Waals surface area contributed by atoms with E-state index in [-0.39, 0.29) is 16.1 Å². The second-order valence-electron chi connectivity index (χ2n) is 2.60. The van der Waals surface area contributed by atoms with Crippen LogP contribution in [0, 0.1) is 18.6 Å². The van der Waals surface area contributed by atoms with Crippen LogP contribution in [0.25, 0.3) is 0 Å². The molecule has 0 spiro atoms. The molecule has 0 atom stereocenters. The standard InChI is InChI=1S/C8H4Cl4F2/c1-2-3(8(11)12)4(9)5(10)7(14)6(2)13/h8H,1H3. The zero-order valence-corrected chi connectivity index (χ0v) is 9.87. The molecule has 1 aromatic rings. The van der Waals surface area contributed by atoms with Crippen LogP contribution in [0.1, 0.15) is 16.0 Å². The Labute approximate surface area is 99.7 Å². The number of halogens is 6. The summed E-state index contributed by atoms with van der Waals surface area (Å²) < 4.78 is 26.2. The van der Waals surface area contributed by atoms with E-state index in [0.717, 1.165) is 0 Å². The van der Waals surface area contributed by atoms with Gasteiger partial charge in [-0.1, -0.05) is 46.4 Å². The van der Waals surface area contributed by atoms with Crippen molar-refractivity contribution in [2.24, 2.45) is 0 Å². The van der Waals surface area contributed by atoms with E-state index in [1.807, 2.05) is 0 Å². The van der Waals surface area contributed by atoms with Gasteiger partial charge in [0.25, 0.3) is 0 Å². The Kier molecular flexibility index (Phi) is 3.87. The molecule has 0 bridgehead atoms. The summed E-state index contributed by atoms with van der Waals surface area (Å²) in [5.41, 5.74) is 0.0609. The summed E-state index contributed by atoms with van der Waals surface area (Å²) in [6.45, 7) is 1.33. The van der Waals surface area contributed by atoms with E-state index in [2.05, 4.69) is 0 Å². The lowest BCUT2D eigenvalue weighted by molar-refractivity contribution is 0.502. The van der Waals surface area contributed by atoms with E-state index in [1.54, 1.807) is 0 Å². The van der Waals surface area contributed by atoms with Gasteiger partial charge in [0.05, 0.1) is 10.0 Å². The first-order chi connectivity index (χ1) is 6.37. The molecule has 0 fully saturated rings. The lowest BCUT2D eigenvalue weighted by atomic mass is 10.1. The summed E-state index contributed by atoms with van der Waals surface area (Å²) in [5.74, 6) is -2.27. The SMILES string of the molecule is Cc1c(F)c(F)c(Cl)c(Cl)c1C(Cl)Cl. The van der Waals surface area contributed by atoms with E-state index < -0.39 is 21.5 Å². The summed E-state index contributed by atoms with van der Waals surface area (Å²) >= 11 is 22.2. The molecule has 1 rings (SSSR count). The largest absolute Gasteiger partial charge is 0.203 e. The van der Waals surface area contributed by atoms with Crippen LogP contribution in [0.15, 0.2) is 0 Å². The summed E-state index contributed by atoms with van der Waals surface area (Å²) in [6.07, 6.45) is 0. The molecule has 0 heterocycles. The first-order valence-electron chi connectivity index (χ1n) is 3.48. The van der Waals surface area contributed by atoms with Crippen molar-refractivity contribution < 1.29 is 8.78 Å². The monoisotopic (exact) mass is 278 g/mol. The number of hydrogen-bond acceptors (Lipinski definition) is 0. The van der Waals surface area contributed by atoms with Crippen molar-refractivity contribution >= 4 is 46.4 Å². The summed E-state index contributed by atoms with van der Waals surface area (Å²) in [7, 11) is 0. The Hall–Kier alpha value is 0.240. The van der Waals surface area contributed by atoms with E-state index >= 15 is 0 Å². The van der Waals surface area contributed by atoms with Crippen molar-refractivity contribution in [1.82, 2.24) is 0 Å². The highest BCUT2D eigenvalue weighted by Crippen LogP contribution is 2.40. The molecule has 0 aliphatic rings. The maximum atomic E-state index is 13.2. The average molecular weight is 280 g/mol. The predicted octanol–water partition coefficient (Wildman–Crippen LogP) is 5.06. The number of benzene rings is 1. The van der Waals surface area contributed by atoms with Crippen LogP contribution in [-0.4, -0.2) is 0 Å². The molecule has 0 amide bonds. The Balaban J connectivity index is 3.60. The highest BCUT2D eigenvalue weighted by Gasteiger charge is 2.23. The van der Waals surface area contributed by atoms with Gasteiger partial charge in [-0.15, -0.1) is 0 Å². The molecule has 6 heteroatoms. The number of hydrogen-bond donors (Lipinski definition) is 0. The van der Waals surface area contributed by atoms with Crippen LogP contribution < -0.4 is 0 Å². The zero-order chi connectivity index (χ0) is 11.0. The summed E-state index contributed by atoms with van der Waals surface area (Å²) in [5, 5.41) is -0.658. The molecule has 0 radical (unpaired) electrons. The molecule has 0 aliphatic heterocycles. The van der Waals surface area contributed by atoms with E-state index in [1.165, 1.54) is 6.92 Å². The van der Waals surface area contributed by atoms with Crippen molar-refractivity contribution in [2.75, 3.05) is 0 Å². The quantitative estimate of drug-likeness (QED) is 0.383. The van der Waals surface area contributed by atoms with Gasteiger partial charge in [-0.3, -0.25) is 0 Å². The molecular weight excluding hydrogens is 276 g/mol. The van der Waals surface area contributed by atoms with Crippen LogP contribution in [0.4, 0.5) is 8.78 Å². The van der Waals surface area contributed by atoms with Gasteiger partial charge in [-0.05, 0) is 12.5 Å². The Morgan fingerprint density at radius 3 is 1.93 bits per heavy atom.